The highest BCUT2D eigenvalue weighted by molar-refractivity contribution is 7.99. The highest BCUT2D eigenvalue weighted by Gasteiger charge is 2.25. The van der Waals surface area contributed by atoms with Gasteiger partial charge in [0, 0.05) is 4.88 Å². The Labute approximate surface area is 187 Å². The van der Waals surface area contributed by atoms with Crippen LogP contribution >= 0.6 is 23.1 Å². The van der Waals surface area contributed by atoms with Crippen molar-refractivity contribution in [2.24, 2.45) is 5.92 Å². The summed E-state index contributed by atoms with van der Waals surface area (Å²) in [6.07, 6.45) is 3.66. The van der Waals surface area contributed by atoms with Crippen molar-refractivity contribution in [2.75, 3.05) is 12.4 Å². The molecule has 0 aliphatic heterocycles. The van der Waals surface area contributed by atoms with E-state index in [1.807, 2.05) is 0 Å². The number of hydrogen-bond acceptors (Lipinski definition) is 8. The molecule has 4 rings (SSSR count). The third kappa shape index (κ3) is 4.69. The van der Waals surface area contributed by atoms with Crippen molar-refractivity contribution in [2.45, 2.75) is 44.8 Å². The predicted octanol–water partition coefficient (Wildman–Crippen LogP) is 3.59. The molecule has 0 spiro atoms. The van der Waals surface area contributed by atoms with Gasteiger partial charge in [0.05, 0.1) is 30.6 Å². The minimum atomic E-state index is -0.787. The summed E-state index contributed by atoms with van der Waals surface area (Å²) in [4.78, 5) is 43.7. The summed E-state index contributed by atoms with van der Waals surface area (Å²) >= 11 is 2.67. The van der Waals surface area contributed by atoms with Crippen LogP contribution in [0.4, 0.5) is 4.79 Å². The van der Waals surface area contributed by atoms with E-state index < -0.39 is 12.0 Å². The van der Waals surface area contributed by atoms with Crippen LogP contribution in [0.2, 0.25) is 0 Å². The topological polar surface area (TPSA) is 103 Å². The summed E-state index contributed by atoms with van der Waals surface area (Å²) in [5.41, 5.74) is 0.988. The second-order valence-electron chi connectivity index (χ2n) is 7.45. The Hall–Kier alpha value is -2.59. The Morgan fingerprint density at radius 3 is 3.03 bits per heavy atom. The van der Waals surface area contributed by atoms with Gasteiger partial charge in [-0.25, -0.2) is 9.78 Å². The maximum absolute atomic E-state index is 13.5. The number of aryl methyl sites for hydroxylation is 1. The van der Waals surface area contributed by atoms with Gasteiger partial charge in [-0.15, -0.1) is 11.3 Å². The normalized spacial score (nSPS) is 15.6. The van der Waals surface area contributed by atoms with Crippen LogP contribution in [0.5, 0.6) is 0 Å². The van der Waals surface area contributed by atoms with Crippen molar-refractivity contribution in [1.29, 1.82) is 0 Å². The lowest BCUT2D eigenvalue weighted by atomic mass is 9.89. The summed E-state index contributed by atoms with van der Waals surface area (Å²) < 4.78 is 11.7. The van der Waals surface area contributed by atoms with E-state index in [4.69, 9.17) is 14.1 Å². The molecule has 1 aliphatic rings. The molecule has 3 aromatic heterocycles. The third-order valence-corrected chi connectivity index (χ3v) is 7.25. The Morgan fingerprint density at radius 1 is 1.45 bits per heavy atom. The fourth-order valence-electron chi connectivity index (χ4n) is 3.66. The first kappa shape index (κ1) is 21.6. The van der Waals surface area contributed by atoms with Crippen LogP contribution in [-0.2, 0) is 28.9 Å². The monoisotopic (exact) mass is 461 g/mol. The lowest BCUT2D eigenvalue weighted by molar-refractivity contribution is -0.117. The van der Waals surface area contributed by atoms with Crippen LogP contribution in [0.15, 0.2) is 32.8 Å². The fraction of sp³-hybridized carbons (Fsp3) is 0.429. The Bertz CT molecular complexity index is 1170. The number of furan rings is 1. The van der Waals surface area contributed by atoms with Crippen molar-refractivity contribution in [3.8, 4) is 0 Å². The molecule has 0 bridgehead atoms. The average molecular weight is 462 g/mol. The van der Waals surface area contributed by atoms with E-state index >= 15 is 0 Å². The van der Waals surface area contributed by atoms with E-state index in [2.05, 4.69) is 12.2 Å². The lowest BCUT2D eigenvalue weighted by Gasteiger charge is -2.17. The highest BCUT2D eigenvalue weighted by Crippen LogP contribution is 2.36. The minimum absolute atomic E-state index is 0.0724. The van der Waals surface area contributed by atoms with Crippen molar-refractivity contribution < 1.29 is 18.7 Å². The van der Waals surface area contributed by atoms with Gasteiger partial charge in [0.1, 0.15) is 10.6 Å². The molecular formula is C21H23N3O5S2. The van der Waals surface area contributed by atoms with Crippen molar-refractivity contribution >= 4 is 45.3 Å². The van der Waals surface area contributed by atoms with Gasteiger partial charge in [0.25, 0.3) is 5.56 Å². The molecule has 10 heteroatoms. The number of amides is 2. The predicted molar refractivity (Wildman–Crippen MR) is 119 cm³/mol. The van der Waals surface area contributed by atoms with Crippen LogP contribution in [0, 0.1) is 5.92 Å². The first-order chi connectivity index (χ1) is 15.0. The Morgan fingerprint density at radius 2 is 2.29 bits per heavy atom. The van der Waals surface area contributed by atoms with Gasteiger partial charge in [-0.2, -0.15) is 0 Å². The molecule has 0 aromatic carbocycles. The standard InChI is InChI=1S/C21H23N3O5S2/c1-3-28-21(27)22-16(25)11-30-20-23-18-17(14-7-6-12(2)9-15(14)31-18)19(26)24(20)10-13-5-4-8-29-13/h4-5,8,12H,3,6-7,9-11H2,1-2H3,(H,22,25,27). The van der Waals surface area contributed by atoms with E-state index in [0.717, 1.165) is 36.6 Å². The van der Waals surface area contributed by atoms with Gasteiger partial charge in [-0.3, -0.25) is 19.5 Å². The number of imide groups is 1. The average Bonchev–Trinajstić information content (AvgIpc) is 3.35. The number of thioether (sulfide) groups is 1. The SMILES string of the molecule is CCOC(=O)NC(=O)CSc1nc2sc3c(c2c(=O)n1Cc1ccco1)CCC(C)C3. The van der Waals surface area contributed by atoms with E-state index in [-0.39, 0.29) is 24.5 Å². The van der Waals surface area contributed by atoms with Gasteiger partial charge in [0.2, 0.25) is 5.91 Å². The summed E-state index contributed by atoms with van der Waals surface area (Å²) in [6.45, 7) is 4.28. The van der Waals surface area contributed by atoms with E-state index in [1.54, 1.807) is 41.2 Å². The number of carbonyl (C=O) groups excluding carboxylic acids is 2. The van der Waals surface area contributed by atoms with E-state index in [1.165, 1.54) is 4.88 Å². The quantitative estimate of drug-likeness (QED) is 0.442. The molecule has 0 saturated heterocycles. The van der Waals surface area contributed by atoms with Crippen LogP contribution < -0.4 is 10.9 Å². The summed E-state index contributed by atoms with van der Waals surface area (Å²) in [5.74, 6) is 0.628. The zero-order chi connectivity index (χ0) is 22.0. The number of nitrogens with one attached hydrogen (secondary N) is 1. The molecule has 1 N–H and O–H groups in total. The van der Waals surface area contributed by atoms with Crippen LogP contribution in [-0.4, -0.2) is 33.9 Å². The number of fused-ring (bicyclic) bond motifs is 3. The van der Waals surface area contributed by atoms with Gasteiger partial charge in [-0.05, 0) is 49.8 Å². The van der Waals surface area contributed by atoms with Gasteiger partial charge in [-0.1, -0.05) is 18.7 Å². The smallest absolute Gasteiger partial charge is 0.413 e. The number of ether oxygens (including phenoxy) is 1. The van der Waals surface area contributed by atoms with E-state index in [0.29, 0.717) is 27.1 Å². The van der Waals surface area contributed by atoms with Crippen molar-refractivity contribution in [3.63, 3.8) is 0 Å². The Kier molecular flexibility index (Phi) is 6.47. The molecule has 1 atom stereocenters. The zero-order valence-electron chi connectivity index (χ0n) is 17.3. The first-order valence-corrected chi connectivity index (χ1v) is 11.9. The molecular weight excluding hydrogens is 438 g/mol. The molecule has 0 saturated carbocycles. The second kappa shape index (κ2) is 9.27. The number of rotatable bonds is 6. The maximum Gasteiger partial charge on any atom is 0.413 e. The summed E-state index contributed by atoms with van der Waals surface area (Å²) in [7, 11) is 0. The van der Waals surface area contributed by atoms with Gasteiger partial charge in [0.15, 0.2) is 5.16 Å². The minimum Gasteiger partial charge on any atom is -0.467 e. The zero-order valence-corrected chi connectivity index (χ0v) is 18.9. The summed E-state index contributed by atoms with van der Waals surface area (Å²) in [5, 5.41) is 3.26. The number of nitrogens with zero attached hydrogens (tertiary/aromatic N) is 2. The number of aromatic nitrogens is 2. The van der Waals surface area contributed by atoms with Crippen LogP contribution in [0.1, 0.15) is 36.5 Å². The summed E-state index contributed by atoms with van der Waals surface area (Å²) in [6, 6.07) is 3.56. The second-order valence-corrected chi connectivity index (χ2v) is 9.48. The van der Waals surface area contributed by atoms with Gasteiger partial charge >= 0.3 is 6.09 Å². The lowest BCUT2D eigenvalue weighted by Crippen LogP contribution is -2.32. The molecule has 8 nitrogen and oxygen atoms in total. The number of hydrogen-bond donors (Lipinski definition) is 1. The molecule has 2 amide bonds. The van der Waals surface area contributed by atoms with Crippen LogP contribution in [0.3, 0.4) is 0 Å². The fourth-order valence-corrected chi connectivity index (χ4v) is 5.88. The molecule has 1 unspecified atom stereocenters. The van der Waals surface area contributed by atoms with Crippen LogP contribution in [0.25, 0.3) is 10.2 Å². The molecule has 3 heterocycles. The number of thiophene rings is 1. The molecule has 1 aliphatic carbocycles. The van der Waals surface area contributed by atoms with Gasteiger partial charge < -0.3 is 9.15 Å². The van der Waals surface area contributed by atoms with Crippen molar-refractivity contribution in [3.05, 3.63) is 45.0 Å². The molecule has 3 aromatic rings. The number of alkyl carbamates (subject to hydrolysis) is 1. The largest absolute Gasteiger partial charge is 0.467 e. The molecule has 164 valence electrons. The molecule has 0 radical (unpaired) electrons. The Balaban J connectivity index is 1.68. The maximum atomic E-state index is 13.5. The number of carbonyl (C=O) groups is 2. The molecule has 0 fully saturated rings. The highest BCUT2D eigenvalue weighted by atomic mass is 32.2. The third-order valence-electron chi connectivity index (χ3n) is 5.12. The molecule has 31 heavy (non-hydrogen) atoms. The van der Waals surface area contributed by atoms with E-state index in [9.17, 15) is 14.4 Å². The van der Waals surface area contributed by atoms with Crippen molar-refractivity contribution in [1.82, 2.24) is 14.9 Å². The first-order valence-electron chi connectivity index (χ1n) is 10.1.